The third kappa shape index (κ3) is 4.63. The van der Waals surface area contributed by atoms with Crippen LogP contribution in [0.3, 0.4) is 0 Å². The van der Waals surface area contributed by atoms with Gasteiger partial charge in [-0.2, -0.15) is 9.97 Å². The molecule has 34 heavy (non-hydrogen) atoms. The molecule has 2 aliphatic rings. The van der Waals surface area contributed by atoms with E-state index in [1.807, 2.05) is 21.6 Å². The van der Waals surface area contributed by atoms with Crippen LogP contribution in [0.15, 0.2) is 30.6 Å². The summed E-state index contributed by atoms with van der Waals surface area (Å²) >= 11 is 0. The van der Waals surface area contributed by atoms with Gasteiger partial charge in [0, 0.05) is 39.1 Å². The van der Waals surface area contributed by atoms with Crippen molar-refractivity contribution in [3.05, 3.63) is 36.2 Å². The monoisotopic (exact) mass is 465 g/mol. The van der Waals surface area contributed by atoms with Crippen molar-refractivity contribution < 1.29 is 15.0 Å². The van der Waals surface area contributed by atoms with Crippen LogP contribution in [0.25, 0.3) is 11.2 Å². The highest BCUT2D eigenvalue weighted by molar-refractivity contribution is 5.84. The highest BCUT2D eigenvalue weighted by atomic mass is 16.3. The molecule has 2 saturated heterocycles. The Hall–Kier alpha value is -3.40. The molecule has 0 aliphatic carbocycles. The number of benzene rings is 1. The molecule has 180 valence electrons. The summed E-state index contributed by atoms with van der Waals surface area (Å²) in [6, 6.07) is 7.20. The third-order valence-corrected chi connectivity index (χ3v) is 6.72. The second kappa shape index (κ2) is 9.84. The summed E-state index contributed by atoms with van der Waals surface area (Å²) in [5, 5.41) is 22.7. The first-order valence-corrected chi connectivity index (χ1v) is 12.0. The molecule has 0 saturated carbocycles. The largest absolute Gasteiger partial charge is 0.508 e. The molecule has 0 radical (unpaired) electrons. The van der Waals surface area contributed by atoms with Gasteiger partial charge in [-0.15, -0.1) is 0 Å². The Morgan fingerprint density at radius 1 is 1.09 bits per heavy atom. The fourth-order valence-electron chi connectivity index (χ4n) is 4.79. The number of phenolic OH excluding ortho intramolecular Hbond substituents is 1. The molecule has 2 aromatic heterocycles. The SMILES string of the molecule is O=C1CCCN1CCn1cnc2c(NCCc3ccc(O)cc3)nc(N3CCCC3CO)nc21. The minimum atomic E-state index is 0.0147. The summed E-state index contributed by atoms with van der Waals surface area (Å²) < 4.78 is 1.99. The number of hydrogen-bond acceptors (Lipinski definition) is 8. The summed E-state index contributed by atoms with van der Waals surface area (Å²) in [6.45, 7) is 3.59. The third-order valence-electron chi connectivity index (χ3n) is 6.72. The number of aromatic hydroxyl groups is 1. The number of imidazole rings is 1. The molecular weight excluding hydrogens is 434 g/mol. The lowest BCUT2D eigenvalue weighted by Crippen LogP contribution is -2.33. The molecule has 1 aromatic carbocycles. The average molecular weight is 466 g/mol. The molecule has 2 aliphatic heterocycles. The summed E-state index contributed by atoms with van der Waals surface area (Å²) in [5.74, 6) is 1.72. The zero-order valence-corrected chi connectivity index (χ0v) is 19.2. The van der Waals surface area contributed by atoms with Crippen LogP contribution in [0, 0.1) is 0 Å². The predicted molar refractivity (Wildman–Crippen MR) is 129 cm³/mol. The van der Waals surface area contributed by atoms with Crippen molar-refractivity contribution >= 4 is 28.8 Å². The molecule has 3 aromatic rings. The second-order valence-electron chi connectivity index (χ2n) is 8.98. The molecule has 5 rings (SSSR count). The van der Waals surface area contributed by atoms with Crippen molar-refractivity contribution in [3.63, 3.8) is 0 Å². The molecule has 10 nitrogen and oxygen atoms in total. The number of aliphatic hydroxyl groups excluding tert-OH is 1. The van der Waals surface area contributed by atoms with Gasteiger partial charge in [0.15, 0.2) is 17.0 Å². The number of likely N-dealkylation sites (tertiary alicyclic amines) is 1. The van der Waals surface area contributed by atoms with E-state index in [2.05, 4.69) is 15.2 Å². The Morgan fingerprint density at radius 3 is 2.71 bits per heavy atom. The van der Waals surface area contributed by atoms with Gasteiger partial charge in [0.25, 0.3) is 0 Å². The Kier molecular flexibility index (Phi) is 6.48. The quantitative estimate of drug-likeness (QED) is 0.437. The van der Waals surface area contributed by atoms with Crippen LogP contribution in [-0.4, -0.2) is 79.4 Å². The molecule has 2 fully saturated rings. The average Bonchev–Trinajstić information content (AvgIpc) is 3.58. The van der Waals surface area contributed by atoms with E-state index in [0.29, 0.717) is 43.3 Å². The fourth-order valence-corrected chi connectivity index (χ4v) is 4.79. The van der Waals surface area contributed by atoms with Gasteiger partial charge in [0.2, 0.25) is 11.9 Å². The molecular formula is C24H31N7O3. The highest BCUT2D eigenvalue weighted by Gasteiger charge is 2.28. The number of fused-ring (bicyclic) bond motifs is 1. The van der Waals surface area contributed by atoms with Gasteiger partial charge in [-0.1, -0.05) is 12.1 Å². The van der Waals surface area contributed by atoms with Crippen molar-refractivity contribution in [2.75, 3.05) is 43.0 Å². The van der Waals surface area contributed by atoms with E-state index in [4.69, 9.17) is 9.97 Å². The van der Waals surface area contributed by atoms with Crippen LogP contribution in [0.1, 0.15) is 31.2 Å². The molecule has 1 amide bonds. The Labute approximate surface area is 198 Å². The van der Waals surface area contributed by atoms with E-state index in [0.717, 1.165) is 50.0 Å². The van der Waals surface area contributed by atoms with Crippen LogP contribution < -0.4 is 10.2 Å². The minimum Gasteiger partial charge on any atom is -0.508 e. The van der Waals surface area contributed by atoms with Crippen molar-refractivity contribution in [2.24, 2.45) is 0 Å². The maximum absolute atomic E-state index is 12.0. The molecule has 4 heterocycles. The predicted octanol–water partition coefficient (Wildman–Crippen LogP) is 1.77. The van der Waals surface area contributed by atoms with E-state index in [1.54, 1.807) is 18.5 Å². The van der Waals surface area contributed by atoms with Gasteiger partial charge in [-0.3, -0.25) is 4.79 Å². The number of aliphatic hydroxyl groups is 1. The Balaban J connectivity index is 1.40. The number of nitrogens with zero attached hydrogens (tertiary/aromatic N) is 6. The zero-order valence-electron chi connectivity index (χ0n) is 19.2. The molecule has 3 N–H and O–H groups in total. The summed E-state index contributed by atoms with van der Waals surface area (Å²) in [7, 11) is 0. The number of anilines is 2. The number of amides is 1. The zero-order chi connectivity index (χ0) is 23.5. The Morgan fingerprint density at radius 2 is 1.94 bits per heavy atom. The normalized spacial score (nSPS) is 18.4. The summed E-state index contributed by atoms with van der Waals surface area (Å²) in [5.41, 5.74) is 2.53. The van der Waals surface area contributed by atoms with Gasteiger partial charge in [-0.05, 0) is 43.4 Å². The number of rotatable bonds is 9. The number of carbonyl (C=O) groups excluding carboxylic acids is 1. The van der Waals surface area contributed by atoms with Crippen LogP contribution >= 0.6 is 0 Å². The van der Waals surface area contributed by atoms with Gasteiger partial charge >= 0.3 is 0 Å². The maximum atomic E-state index is 12.0. The molecule has 0 spiro atoms. The number of nitrogens with one attached hydrogen (secondary N) is 1. The van der Waals surface area contributed by atoms with Crippen LogP contribution in [-0.2, 0) is 17.8 Å². The highest BCUT2D eigenvalue weighted by Crippen LogP contribution is 2.27. The van der Waals surface area contributed by atoms with E-state index in [-0.39, 0.29) is 24.3 Å². The number of aromatic nitrogens is 4. The van der Waals surface area contributed by atoms with Crippen molar-refractivity contribution in [1.82, 2.24) is 24.4 Å². The molecule has 0 bridgehead atoms. The van der Waals surface area contributed by atoms with E-state index >= 15 is 0 Å². The second-order valence-corrected chi connectivity index (χ2v) is 8.98. The summed E-state index contributed by atoms with van der Waals surface area (Å²) in [6.07, 6.45) is 5.99. The molecule has 10 heteroatoms. The number of phenols is 1. The molecule has 1 atom stereocenters. The van der Waals surface area contributed by atoms with Crippen LogP contribution in [0.4, 0.5) is 11.8 Å². The van der Waals surface area contributed by atoms with Gasteiger partial charge in [0.1, 0.15) is 5.75 Å². The van der Waals surface area contributed by atoms with Crippen molar-refractivity contribution in [1.29, 1.82) is 0 Å². The smallest absolute Gasteiger partial charge is 0.229 e. The van der Waals surface area contributed by atoms with Gasteiger partial charge in [0.05, 0.1) is 19.0 Å². The van der Waals surface area contributed by atoms with Gasteiger partial charge < -0.3 is 29.9 Å². The summed E-state index contributed by atoms with van der Waals surface area (Å²) in [4.78, 5) is 30.2. The van der Waals surface area contributed by atoms with Gasteiger partial charge in [-0.25, -0.2) is 4.98 Å². The lowest BCUT2D eigenvalue weighted by atomic mass is 10.1. The Bertz CT molecular complexity index is 1150. The molecule has 1 unspecified atom stereocenters. The lowest BCUT2D eigenvalue weighted by Gasteiger charge is -2.23. The standard InChI is InChI=1S/C24H31N7O3/c32-15-18-3-1-12-31(18)24-27-22(25-10-9-17-5-7-19(33)8-6-17)21-23(28-24)30(16-26-21)14-13-29-11-2-4-20(29)34/h5-8,16,18,32-33H,1-4,9-15H2,(H,25,27,28). The number of carbonyl (C=O) groups is 1. The van der Waals surface area contributed by atoms with E-state index in [1.165, 1.54) is 0 Å². The first kappa shape index (κ1) is 22.4. The maximum Gasteiger partial charge on any atom is 0.229 e. The topological polar surface area (TPSA) is 120 Å². The van der Waals surface area contributed by atoms with Crippen LogP contribution in [0.5, 0.6) is 5.75 Å². The van der Waals surface area contributed by atoms with Crippen molar-refractivity contribution in [3.8, 4) is 5.75 Å². The first-order valence-electron chi connectivity index (χ1n) is 12.0. The lowest BCUT2D eigenvalue weighted by molar-refractivity contribution is -0.127. The van der Waals surface area contributed by atoms with Crippen molar-refractivity contribution in [2.45, 2.75) is 44.7 Å². The fraction of sp³-hybridized carbons (Fsp3) is 0.500. The van der Waals surface area contributed by atoms with E-state index in [9.17, 15) is 15.0 Å². The minimum absolute atomic E-state index is 0.0147. The first-order chi connectivity index (χ1) is 16.6. The van der Waals surface area contributed by atoms with Crippen LogP contribution in [0.2, 0.25) is 0 Å². The number of hydrogen-bond donors (Lipinski definition) is 3. The van der Waals surface area contributed by atoms with E-state index < -0.39 is 0 Å².